The Morgan fingerprint density at radius 3 is 2.30 bits per heavy atom. The number of carbonyl (C=O) groups excluding carboxylic acids is 1. The minimum absolute atomic E-state index is 0.0666. The summed E-state index contributed by atoms with van der Waals surface area (Å²) in [4.78, 5) is 28.8. The summed E-state index contributed by atoms with van der Waals surface area (Å²) in [7, 11) is 0. The number of fused-ring (bicyclic) bond motifs is 1. The van der Waals surface area contributed by atoms with Gasteiger partial charge in [0, 0.05) is 22.2 Å². The summed E-state index contributed by atoms with van der Waals surface area (Å²) >= 11 is 7.61. The quantitative estimate of drug-likeness (QED) is 0.291. The molecule has 2 unspecified atom stereocenters. The molecule has 1 aliphatic carbocycles. The second-order valence-electron chi connectivity index (χ2n) is 8.26. The number of halogens is 1. The Kier molecular flexibility index (Phi) is 5.87. The molecular weight excluding hydrogens is 456 g/mol. The molecule has 2 atom stereocenters. The van der Waals surface area contributed by atoms with Crippen LogP contribution in [-0.4, -0.2) is 21.8 Å². The fraction of sp³-hybridized carbons (Fsp3) is 0.192. The molecule has 0 aliphatic heterocycles. The first-order valence-electron chi connectivity index (χ1n) is 10.8. The average molecular weight is 477 g/mol. The van der Waals surface area contributed by atoms with Gasteiger partial charge in [0.1, 0.15) is 0 Å². The second kappa shape index (κ2) is 8.96. The summed E-state index contributed by atoms with van der Waals surface area (Å²) in [5.41, 5.74) is 4.39. The van der Waals surface area contributed by atoms with Gasteiger partial charge in [-0.1, -0.05) is 65.8 Å². The Morgan fingerprint density at radius 1 is 0.939 bits per heavy atom. The number of Topliss-reactive ketones (excluding diaryl/α,β-unsaturated/α-hetero) is 1. The number of hydrogen-bond acceptors (Lipinski definition) is 5. The highest BCUT2D eigenvalue weighted by atomic mass is 35.5. The van der Waals surface area contributed by atoms with E-state index in [4.69, 9.17) is 11.6 Å². The summed E-state index contributed by atoms with van der Waals surface area (Å²) in [5.74, 6) is -1.92. The molecule has 1 saturated carbocycles. The molecule has 1 aromatic heterocycles. The standard InChI is InChI=1S/C26H21ClN2O3S/c27-18-10-13-23-22(14-18)29-26(33-23)28-19-11-8-16(9-12-19)15-4-6-17(7-5-15)24(30)20-2-1-3-21(20)25(31)32/h4-14,20-21H,1-3H2,(H,28,29)(H,31,32). The second-order valence-corrected chi connectivity index (χ2v) is 9.72. The van der Waals surface area contributed by atoms with E-state index in [-0.39, 0.29) is 5.78 Å². The van der Waals surface area contributed by atoms with Crippen LogP contribution in [0.3, 0.4) is 0 Å². The van der Waals surface area contributed by atoms with Crippen molar-refractivity contribution in [2.45, 2.75) is 19.3 Å². The van der Waals surface area contributed by atoms with Crippen LogP contribution in [0.25, 0.3) is 21.3 Å². The number of carbonyl (C=O) groups is 2. The molecular formula is C26H21ClN2O3S. The summed E-state index contributed by atoms with van der Waals surface area (Å²) in [5, 5.41) is 14.2. The van der Waals surface area contributed by atoms with E-state index in [0.29, 0.717) is 23.4 Å². The monoisotopic (exact) mass is 476 g/mol. The van der Waals surface area contributed by atoms with E-state index in [1.54, 1.807) is 23.5 Å². The van der Waals surface area contributed by atoms with Crippen LogP contribution in [0, 0.1) is 11.8 Å². The van der Waals surface area contributed by atoms with Gasteiger partial charge in [0.2, 0.25) is 0 Å². The van der Waals surface area contributed by atoms with Crippen LogP contribution >= 0.6 is 22.9 Å². The summed E-state index contributed by atoms with van der Waals surface area (Å²) in [6.45, 7) is 0. The Hall–Kier alpha value is -3.22. The molecule has 0 amide bonds. The van der Waals surface area contributed by atoms with Crippen molar-refractivity contribution in [3.63, 3.8) is 0 Å². The zero-order chi connectivity index (χ0) is 22.9. The molecule has 1 fully saturated rings. The third-order valence-electron chi connectivity index (χ3n) is 6.16. The largest absolute Gasteiger partial charge is 0.481 e. The number of benzene rings is 3. The van der Waals surface area contributed by atoms with E-state index in [1.807, 2.05) is 54.6 Å². The first-order chi connectivity index (χ1) is 16.0. The maximum atomic E-state index is 12.8. The van der Waals surface area contributed by atoms with E-state index < -0.39 is 17.8 Å². The third kappa shape index (κ3) is 4.49. The highest BCUT2D eigenvalue weighted by Gasteiger charge is 2.37. The fourth-order valence-electron chi connectivity index (χ4n) is 4.43. The van der Waals surface area contributed by atoms with Gasteiger partial charge in [0.15, 0.2) is 10.9 Å². The number of carboxylic acid groups (broad SMARTS) is 1. The molecule has 0 spiro atoms. The van der Waals surface area contributed by atoms with Crippen LogP contribution in [0.5, 0.6) is 0 Å². The molecule has 1 heterocycles. The lowest BCUT2D eigenvalue weighted by Gasteiger charge is -2.14. The van der Waals surface area contributed by atoms with Gasteiger partial charge in [-0.15, -0.1) is 0 Å². The average Bonchev–Trinajstić information content (AvgIpc) is 3.46. The SMILES string of the molecule is O=C(O)C1CCCC1C(=O)c1ccc(-c2ccc(Nc3nc4cc(Cl)ccc4s3)cc2)cc1. The molecule has 166 valence electrons. The number of aliphatic carboxylic acids is 1. The van der Waals surface area contributed by atoms with Crippen molar-refractivity contribution in [1.29, 1.82) is 0 Å². The number of thiazole rings is 1. The van der Waals surface area contributed by atoms with Crippen molar-refractivity contribution >= 4 is 55.7 Å². The molecule has 5 rings (SSSR count). The summed E-state index contributed by atoms with van der Waals surface area (Å²) < 4.78 is 1.07. The Labute approximate surface area is 200 Å². The van der Waals surface area contributed by atoms with E-state index in [2.05, 4.69) is 10.3 Å². The number of ketones is 1. The predicted molar refractivity (Wildman–Crippen MR) is 133 cm³/mol. The van der Waals surface area contributed by atoms with Gasteiger partial charge < -0.3 is 10.4 Å². The molecule has 33 heavy (non-hydrogen) atoms. The van der Waals surface area contributed by atoms with Crippen molar-refractivity contribution in [2.24, 2.45) is 11.8 Å². The number of carboxylic acids is 1. The maximum Gasteiger partial charge on any atom is 0.307 e. The van der Waals surface area contributed by atoms with Crippen molar-refractivity contribution in [1.82, 2.24) is 4.98 Å². The number of aromatic nitrogens is 1. The van der Waals surface area contributed by atoms with Crippen LogP contribution in [0.1, 0.15) is 29.6 Å². The van der Waals surface area contributed by atoms with Gasteiger partial charge in [-0.05, 0) is 54.3 Å². The lowest BCUT2D eigenvalue weighted by atomic mass is 9.88. The van der Waals surface area contributed by atoms with Crippen LogP contribution in [0.15, 0.2) is 66.7 Å². The Morgan fingerprint density at radius 2 is 1.61 bits per heavy atom. The molecule has 4 aromatic rings. The summed E-state index contributed by atoms with van der Waals surface area (Å²) in [6.07, 6.45) is 2.01. The van der Waals surface area contributed by atoms with E-state index in [1.165, 1.54) is 0 Å². The molecule has 7 heteroatoms. The number of anilines is 2. The van der Waals surface area contributed by atoms with Gasteiger partial charge in [0.05, 0.1) is 16.1 Å². The smallest absolute Gasteiger partial charge is 0.307 e. The maximum absolute atomic E-state index is 12.8. The van der Waals surface area contributed by atoms with Crippen LogP contribution in [0.2, 0.25) is 5.02 Å². The van der Waals surface area contributed by atoms with Crippen molar-refractivity contribution in [2.75, 3.05) is 5.32 Å². The van der Waals surface area contributed by atoms with E-state index in [0.717, 1.165) is 38.6 Å². The van der Waals surface area contributed by atoms with Crippen molar-refractivity contribution < 1.29 is 14.7 Å². The highest BCUT2D eigenvalue weighted by Crippen LogP contribution is 2.35. The van der Waals surface area contributed by atoms with Gasteiger partial charge in [0.25, 0.3) is 0 Å². The minimum atomic E-state index is -0.870. The Balaban J connectivity index is 1.29. The minimum Gasteiger partial charge on any atom is -0.481 e. The van der Waals surface area contributed by atoms with Gasteiger partial charge in [-0.3, -0.25) is 9.59 Å². The molecule has 0 saturated heterocycles. The third-order valence-corrected chi connectivity index (χ3v) is 7.35. The van der Waals surface area contributed by atoms with Crippen LogP contribution < -0.4 is 5.32 Å². The molecule has 0 bridgehead atoms. The van der Waals surface area contributed by atoms with Gasteiger partial charge >= 0.3 is 5.97 Å². The van der Waals surface area contributed by atoms with Gasteiger partial charge in [-0.25, -0.2) is 4.98 Å². The fourth-order valence-corrected chi connectivity index (χ4v) is 5.47. The molecule has 3 aromatic carbocycles. The lowest BCUT2D eigenvalue weighted by Crippen LogP contribution is -2.25. The van der Waals surface area contributed by atoms with E-state index >= 15 is 0 Å². The Bertz CT molecular complexity index is 1330. The van der Waals surface area contributed by atoms with E-state index in [9.17, 15) is 14.7 Å². The predicted octanol–water partition coefficient (Wildman–Crippen LogP) is 7.04. The van der Waals surface area contributed by atoms with Crippen molar-refractivity contribution in [3.8, 4) is 11.1 Å². The number of nitrogens with one attached hydrogen (secondary N) is 1. The normalized spacial score (nSPS) is 17.8. The van der Waals surface area contributed by atoms with Gasteiger partial charge in [-0.2, -0.15) is 0 Å². The zero-order valence-corrected chi connectivity index (χ0v) is 19.2. The summed E-state index contributed by atoms with van der Waals surface area (Å²) in [6, 6.07) is 21.1. The number of hydrogen-bond donors (Lipinski definition) is 2. The number of nitrogens with zero attached hydrogens (tertiary/aromatic N) is 1. The first kappa shape index (κ1) is 21.6. The lowest BCUT2D eigenvalue weighted by molar-refractivity contribution is -0.142. The topological polar surface area (TPSA) is 79.3 Å². The highest BCUT2D eigenvalue weighted by molar-refractivity contribution is 7.22. The van der Waals surface area contributed by atoms with Crippen LogP contribution in [0.4, 0.5) is 10.8 Å². The van der Waals surface area contributed by atoms with Crippen molar-refractivity contribution in [3.05, 3.63) is 77.3 Å². The number of rotatable bonds is 6. The molecule has 0 radical (unpaired) electrons. The first-order valence-corrected chi connectivity index (χ1v) is 12.0. The molecule has 1 aliphatic rings. The van der Waals surface area contributed by atoms with Crippen LogP contribution in [-0.2, 0) is 4.79 Å². The zero-order valence-electron chi connectivity index (χ0n) is 17.6. The molecule has 5 nitrogen and oxygen atoms in total. The molecule has 2 N–H and O–H groups in total.